The third kappa shape index (κ3) is 5.43. The van der Waals surface area contributed by atoms with Gasteiger partial charge in [0.15, 0.2) is 17.3 Å². The fourth-order valence-electron chi connectivity index (χ4n) is 3.03. The van der Waals surface area contributed by atoms with E-state index in [4.69, 9.17) is 18.9 Å². The highest BCUT2D eigenvalue weighted by Crippen LogP contribution is 2.27. The summed E-state index contributed by atoms with van der Waals surface area (Å²) in [5, 5.41) is 0. The van der Waals surface area contributed by atoms with Gasteiger partial charge in [-0.1, -0.05) is 12.1 Å². The van der Waals surface area contributed by atoms with Crippen LogP contribution in [-0.4, -0.2) is 27.1 Å². The standard InChI is InChI=1S/C25H22F2O5/c1-29-19-7-11-24(31-3)20(14-19)22(28)8-4-16-5-9-23(30-2)17(12-16)15-32-25-10-6-18(26)13-21(25)27/h4-14H,15H2,1-3H3/b8-4+. The van der Waals surface area contributed by atoms with Gasteiger partial charge in [0.2, 0.25) is 0 Å². The molecule has 0 aliphatic heterocycles. The first-order valence-electron chi connectivity index (χ1n) is 9.64. The summed E-state index contributed by atoms with van der Waals surface area (Å²) in [6.45, 7) is -0.00887. The first kappa shape index (κ1) is 22.8. The number of ether oxygens (including phenoxy) is 4. The average Bonchev–Trinajstić information content (AvgIpc) is 2.81. The van der Waals surface area contributed by atoms with Gasteiger partial charge in [-0.05, 0) is 54.1 Å². The third-order valence-electron chi connectivity index (χ3n) is 4.68. The molecule has 0 radical (unpaired) electrons. The lowest BCUT2D eigenvalue weighted by molar-refractivity contribution is 0.104. The highest BCUT2D eigenvalue weighted by atomic mass is 19.1. The molecule has 3 rings (SSSR count). The SMILES string of the molecule is COc1ccc(OC)c(C(=O)/C=C/c2ccc(OC)c(COc3ccc(F)cc3F)c2)c1. The molecule has 7 heteroatoms. The minimum absolute atomic E-state index is 0.00887. The molecule has 0 heterocycles. The summed E-state index contributed by atoms with van der Waals surface area (Å²) in [6.07, 6.45) is 3.06. The van der Waals surface area contributed by atoms with E-state index in [0.717, 1.165) is 12.1 Å². The van der Waals surface area contributed by atoms with Gasteiger partial charge in [0.05, 0.1) is 26.9 Å². The van der Waals surface area contributed by atoms with E-state index < -0.39 is 11.6 Å². The maximum absolute atomic E-state index is 13.8. The first-order chi connectivity index (χ1) is 15.4. The Hall–Kier alpha value is -3.87. The zero-order chi connectivity index (χ0) is 23.1. The fraction of sp³-hybridized carbons (Fsp3) is 0.160. The molecule has 0 saturated carbocycles. The van der Waals surface area contributed by atoms with Crippen LogP contribution >= 0.6 is 0 Å². The number of halogens is 2. The van der Waals surface area contributed by atoms with E-state index in [1.807, 2.05) is 0 Å². The summed E-state index contributed by atoms with van der Waals surface area (Å²) < 4.78 is 48.2. The van der Waals surface area contributed by atoms with E-state index >= 15 is 0 Å². The summed E-state index contributed by atoms with van der Waals surface area (Å²) >= 11 is 0. The Labute approximate surface area is 184 Å². The molecule has 0 N–H and O–H groups in total. The molecule has 0 atom stereocenters. The van der Waals surface area contributed by atoms with Gasteiger partial charge in [0.1, 0.15) is 29.7 Å². The summed E-state index contributed by atoms with van der Waals surface area (Å²) in [5.74, 6) is -0.303. The van der Waals surface area contributed by atoms with Gasteiger partial charge in [-0.25, -0.2) is 8.78 Å². The Morgan fingerprint density at radius 2 is 1.56 bits per heavy atom. The smallest absolute Gasteiger partial charge is 0.189 e. The molecular formula is C25H22F2O5. The van der Waals surface area contributed by atoms with Crippen molar-refractivity contribution in [2.45, 2.75) is 6.61 Å². The van der Waals surface area contributed by atoms with Crippen LogP contribution in [-0.2, 0) is 6.61 Å². The van der Waals surface area contributed by atoms with Crippen molar-refractivity contribution in [3.63, 3.8) is 0 Å². The van der Waals surface area contributed by atoms with E-state index in [1.165, 1.54) is 33.5 Å². The van der Waals surface area contributed by atoms with Crippen LogP contribution in [0.2, 0.25) is 0 Å². The quantitative estimate of drug-likeness (QED) is 0.326. The lowest BCUT2D eigenvalue weighted by Crippen LogP contribution is -2.01. The molecule has 0 bridgehead atoms. The molecule has 0 aromatic heterocycles. The monoisotopic (exact) mass is 440 g/mol. The fourth-order valence-corrected chi connectivity index (χ4v) is 3.03. The molecule has 5 nitrogen and oxygen atoms in total. The molecule has 0 unspecified atom stereocenters. The van der Waals surface area contributed by atoms with Gasteiger partial charge in [-0.2, -0.15) is 0 Å². The van der Waals surface area contributed by atoms with Crippen LogP contribution < -0.4 is 18.9 Å². The van der Waals surface area contributed by atoms with Crippen LogP contribution in [0.4, 0.5) is 8.78 Å². The van der Waals surface area contributed by atoms with Crippen LogP contribution in [0, 0.1) is 11.6 Å². The Morgan fingerprint density at radius 3 is 2.25 bits per heavy atom. The van der Waals surface area contributed by atoms with E-state index in [2.05, 4.69) is 0 Å². The number of allylic oxidation sites excluding steroid dienone is 1. The second kappa shape index (κ2) is 10.4. The highest BCUT2D eigenvalue weighted by Gasteiger charge is 2.12. The highest BCUT2D eigenvalue weighted by molar-refractivity contribution is 6.08. The molecule has 0 fully saturated rings. The van der Waals surface area contributed by atoms with Crippen molar-refractivity contribution in [1.82, 2.24) is 0 Å². The Morgan fingerprint density at radius 1 is 0.844 bits per heavy atom. The Balaban J connectivity index is 1.80. The number of carbonyl (C=O) groups is 1. The van der Waals surface area contributed by atoms with Crippen LogP contribution in [0.15, 0.2) is 60.7 Å². The number of carbonyl (C=O) groups excluding carboxylic acids is 1. The molecule has 3 aromatic rings. The van der Waals surface area contributed by atoms with Gasteiger partial charge in [-0.15, -0.1) is 0 Å². The lowest BCUT2D eigenvalue weighted by atomic mass is 10.1. The molecule has 0 spiro atoms. The summed E-state index contributed by atoms with van der Waals surface area (Å²) in [5.41, 5.74) is 1.70. The van der Waals surface area contributed by atoms with E-state index in [-0.39, 0.29) is 18.1 Å². The van der Waals surface area contributed by atoms with Crippen LogP contribution in [0.1, 0.15) is 21.5 Å². The van der Waals surface area contributed by atoms with Gasteiger partial charge in [-0.3, -0.25) is 4.79 Å². The maximum atomic E-state index is 13.8. The zero-order valence-corrected chi connectivity index (χ0v) is 17.9. The number of hydrogen-bond acceptors (Lipinski definition) is 5. The van der Waals surface area contributed by atoms with Crippen LogP contribution in [0.3, 0.4) is 0 Å². The largest absolute Gasteiger partial charge is 0.497 e. The van der Waals surface area contributed by atoms with E-state index in [0.29, 0.717) is 33.9 Å². The van der Waals surface area contributed by atoms with Crippen molar-refractivity contribution < 1.29 is 32.5 Å². The van der Waals surface area contributed by atoms with Crippen LogP contribution in [0.25, 0.3) is 6.08 Å². The maximum Gasteiger partial charge on any atom is 0.189 e. The normalized spacial score (nSPS) is 10.8. The zero-order valence-electron chi connectivity index (χ0n) is 17.9. The van der Waals surface area contributed by atoms with Crippen molar-refractivity contribution in [2.24, 2.45) is 0 Å². The molecule has 3 aromatic carbocycles. The summed E-state index contributed by atoms with van der Waals surface area (Å²) in [4.78, 5) is 12.7. The number of benzene rings is 3. The van der Waals surface area contributed by atoms with Crippen molar-refractivity contribution in [3.8, 4) is 23.0 Å². The van der Waals surface area contributed by atoms with E-state index in [9.17, 15) is 13.6 Å². The Bertz CT molecular complexity index is 1140. The van der Waals surface area contributed by atoms with Crippen molar-refractivity contribution in [3.05, 3.63) is 89.0 Å². The molecule has 166 valence electrons. The summed E-state index contributed by atoms with van der Waals surface area (Å²) in [7, 11) is 4.51. The molecule has 0 amide bonds. The average molecular weight is 440 g/mol. The van der Waals surface area contributed by atoms with Gasteiger partial charge < -0.3 is 18.9 Å². The second-order valence-corrected chi connectivity index (χ2v) is 6.70. The number of methoxy groups -OCH3 is 3. The van der Waals surface area contributed by atoms with Crippen molar-refractivity contribution >= 4 is 11.9 Å². The second-order valence-electron chi connectivity index (χ2n) is 6.70. The van der Waals surface area contributed by atoms with E-state index in [1.54, 1.807) is 42.5 Å². The van der Waals surface area contributed by atoms with Gasteiger partial charge in [0.25, 0.3) is 0 Å². The first-order valence-corrected chi connectivity index (χ1v) is 9.64. The topological polar surface area (TPSA) is 54.0 Å². The molecule has 32 heavy (non-hydrogen) atoms. The predicted octanol–water partition coefficient (Wildman–Crippen LogP) is 5.47. The van der Waals surface area contributed by atoms with Crippen molar-refractivity contribution in [2.75, 3.05) is 21.3 Å². The predicted molar refractivity (Wildman–Crippen MR) is 117 cm³/mol. The molecular weight excluding hydrogens is 418 g/mol. The minimum Gasteiger partial charge on any atom is -0.497 e. The number of rotatable bonds is 9. The summed E-state index contributed by atoms with van der Waals surface area (Å²) in [6, 6.07) is 13.3. The van der Waals surface area contributed by atoms with Gasteiger partial charge >= 0.3 is 0 Å². The third-order valence-corrected chi connectivity index (χ3v) is 4.68. The molecule has 0 aliphatic carbocycles. The lowest BCUT2D eigenvalue weighted by Gasteiger charge is -2.12. The molecule has 0 saturated heterocycles. The number of ketones is 1. The van der Waals surface area contributed by atoms with Crippen LogP contribution in [0.5, 0.6) is 23.0 Å². The minimum atomic E-state index is -0.794. The van der Waals surface area contributed by atoms with Crippen molar-refractivity contribution in [1.29, 1.82) is 0 Å². The number of hydrogen-bond donors (Lipinski definition) is 0. The Kier molecular flexibility index (Phi) is 7.44. The molecule has 0 aliphatic rings. The van der Waals surface area contributed by atoms with Gasteiger partial charge in [0, 0.05) is 11.6 Å².